The quantitative estimate of drug-likeness (QED) is 0.293. The second kappa shape index (κ2) is 11.1. The number of aryl methyl sites for hydroxylation is 1. The number of nitrogen functional groups attached to an aromatic ring is 1. The standard InChI is InChI=1S/C31H31F3N6O4/c1-39-23-8-6-20(14-21(23)7-9-26(39)41)18-2-4-19(5-3-18)27(31(32,33)34)44-25-15-24(37-29(35)38-25)40-12-10-30(11-13-40)16-22(28(42)43)36-17-30/h2-9,14-15,22,27,36H,10-13,16-17H2,1H3,(H,42,43)(H2,35,37,38). The zero-order chi connectivity index (χ0) is 31.2. The van der Waals surface area contributed by atoms with E-state index in [1.807, 2.05) is 17.0 Å². The summed E-state index contributed by atoms with van der Waals surface area (Å²) in [5.74, 6) is -1.02. The molecule has 0 radical (unpaired) electrons. The molecule has 2 unspecified atom stereocenters. The zero-order valence-corrected chi connectivity index (χ0v) is 23.8. The smallest absolute Gasteiger partial charge is 0.429 e. The van der Waals surface area contributed by atoms with E-state index < -0.39 is 24.3 Å². The molecule has 4 aromatic rings. The van der Waals surface area contributed by atoms with Gasteiger partial charge in [-0.1, -0.05) is 30.3 Å². The summed E-state index contributed by atoms with van der Waals surface area (Å²) in [7, 11) is 1.68. The van der Waals surface area contributed by atoms with Gasteiger partial charge >= 0.3 is 12.1 Å². The van der Waals surface area contributed by atoms with Crippen LogP contribution in [0.3, 0.4) is 0 Å². The minimum atomic E-state index is -4.75. The van der Waals surface area contributed by atoms with Crippen LogP contribution in [-0.4, -0.2) is 57.5 Å². The largest absolute Gasteiger partial charge is 0.480 e. The first-order valence-electron chi connectivity index (χ1n) is 14.2. The number of carboxylic acid groups (broad SMARTS) is 1. The van der Waals surface area contributed by atoms with Gasteiger partial charge in [-0.25, -0.2) is 0 Å². The number of aromatic nitrogens is 3. The van der Waals surface area contributed by atoms with E-state index in [0.717, 1.165) is 16.5 Å². The van der Waals surface area contributed by atoms with Gasteiger partial charge in [-0.3, -0.25) is 9.59 Å². The molecule has 2 fully saturated rings. The number of carbonyl (C=O) groups is 1. The van der Waals surface area contributed by atoms with E-state index in [9.17, 15) is 27.9 Å². The first-order chi connectivity index (χ1) is 20.9. The highest BCUT2D eigenvalue weighted by atomic mass is 19.4. The number of rotatable bonds is 6. The van der Waals surface area contributed by atoms with Gasteiger partial charge in [-0.05, 0) is 59.4 Å². The molecule has 0 aliphatic carbocycles. The lowest BCUT2D eigenvalue weighted by molar-refractivity contribution is -0.198. The van der Waals surface area contributed by atoms with E-state index in [2.05, 4.69) is 15.3 Å². The maximum absolute atomic E-state index is 14.3. The van der Waals surface area contributed by atoms with Crippen molar-refractivity contribution in [1.29, 1.82) is 0 Å². The number of alkyl halides is 3. The maximum atomic E-state index is 14.3. The van der Waals surface area contributed by atoms with Crippen LogP contribution >= 0.6 is 0 Å². The predicted molar refractivity (Wildman–Crippen MR) is 158 cm³/mol. The number of piperidine rings is 1. The van der Waals surface area contributed by atoms with Crippen LogP contribution in [0.4, 0.5) is 24.9 Å². The van der Waals surface area contributed by atoms with E-state index >= 15 is 0 Å². The third-order valence-electron chi connectivity index (χ3n) is 8.72. The Labute approximate surface area is 250 Å². The highest BCUT2D eigenvalue weighted by molar-refractivity contribution is 5.84. The molecule has 2 aromatic carbocycles. The van der Waals surface area contributed by atoms with Crippen LogP contribution < -0.4 is 26.2 Å². The lowest BCUT2D eigenvalue weighted by atomic mass is 9.76. The number of nitrogens with two attached hydrogens (primary N) is 1. The van der Waals surface area contributed by atoms with Crippen molar-refractivity contribution in [3.05, 3.63) is 76.6 Å². The summed E-state index contributed by atoms with van der Waals surface area (Å²) < 4.78 is 49.8. The molecule has 6 rings (SSSR count). The van der Waals surface area contributed by atoms with Crippen molar-refractivity contribution in [1.82, 2.24) is 19.9 Å². The van der Waals surface area contributed by atoms with Crippen molar-refractivity contribution >= 4 is 28.6 Å². The average molecular weight is 609 g/mol. The van der Waals surface area contributed by atoms with E-state index in [1.54, 1.807) is 31.3 Å². The number of nitrogens with zero attached hydrogens (tertiary/aromatic N) is 4. The first-order valence-corrected chi connectivity index (χ1v) is 14.2. The van der Waals surface area contributed by atoms with Gasteiger partial charge in [-0.15, -0.1) is 0 Å². The number of benzene rings is 2. The fourth-order valence-corrected chi connectivity index (χ4v) is 6.19. The zero-order valence-electron chi connectivity index (χ0n) is 23.8. The van der Waals surface area contributed by atoms with Gasteiger partial charge in [0.05, 0.1) is 5.52 Å². The summed E-state index contributed by atoms with van der Waals surface area (Å²) in [6, 6.07) is 15.4. The number of halogens is 3. The van der Waals surface area contributed by atoms with E-state index in [1.165, 1.54) is 28.8 Å². The van der Waals surface area contributed by atoms with Crippen molar-refractivity contribution < 1.29 is 27.8 Å². The number of hydrogen-bond acceptors (Lipinski definition) is 8. The van der Waals surface area contributed by atoms with E-state index in [4.69, 9.17) is 10.5 Å². The van der Waals surface area contributed by atoms with Crippen molar-refractivity contribution in [2.45, 2.75) is 37.6 Å². The molecule has 4 N–H and O–H groups in total. The summed E-state index contributed by atoms with van der Waals surface area (Å²) in [5.41, 5.74) is 7.75. The van der Waals surface area contributed by atoms with Gasteiger partial charge < -0.3 is 30.4 Å². The fourth-order valence-electron chi connectivity index (χ4n) is 6.19. The Morgan fingerprint density at radius 2 is 1.77 bits per heavy atom. The van der Waals surface area contributed by atoms with Gasteiger partial charge in [0.1, 0.15) is 11.9 Å². The molecule has 2 aromatic heterocycles. The Hall–Kier alpha value is -4.65. The number of ether oxygens (including phenoxy) is 1. The number of anilines is 2. The molecule has 230 valence electrons. The topological polar surface area (TPSA) is 136 Å². The van der Waals surface area contributed by atoms with Crippen molar-refractivity contribution in [3.63, 3.8) is 0 Å². The second-order valence-electron chi connectivity index (χ2n) is 11.6. The number of pyridine rings is 1. The van der Waals surface area contributed by atoms with Crippen LogP contribution in [0.25, 0.3) is 22.0 Å². The molecule has 4 heterocycles. The molecular weight excluding hydrogens is 577 g/mol. The van der Waals surface area contributed by atoms with Gasteiger partial charge in [-0.2, -0.15) is 23.1 Å². The summed E-state index contributed by atoms with van der Waals surface area (Å²) in [5, 5.41) is 13.2. The lowest BCUT2D eigenvalue weighted by Gasteiger charge is -2.39. The molecule has 2 aliphatic rings. The van der Waals surface area contributed by atoms with Crippen LogP contribution in [0.5, 0.6) is 5.88 Å². The molecule has 2 saturated heterocycles. The molecule has 10 nitrogen and oxygen atoms in total. The first kappa shape index (κ1) is 29.4. The van der Waals surface area contributed by atoms with E-state index in [-0.39, 0.29) is 28.4 Å². The van der Waals surface area contributed by atoms with Gasteiger partial charge in [0, 0.05) is 44.4 Å². The van der Waals surface area contributed by atoms with Crippen LogP contribution in [-0.2, 0) is 11.8 Å². The molecule has 0 saturated carbocycles. The Kier molecular flexibility index (Phi) is 7.44. The Bertz CT molecular complexity index is 1770. The third-order valence-corrected chi connectivity index (χ3v) is 8.72. The SMILES string of the molecule is Cn1c(=O)ccc2cc(-c3ccc(C(Oc4cc(N5CCC6(CC5)CNC(C(=O)O)C6)nc(N)n4)C(F)(F)F)cc3)ccc21. The average Bonchev–Trinajstić information content (AvgIpc) is 3.41. The van der Waals surface area contributed by atoms with Gasteiger partial charge in [0.25, 0.3) is 5.56 Å². The maximum Gasteiger partial charge on any atom is 0.429 e. The highest BCUT2D eigenvalue weighted by Gasteiger charge is 2.45. The highest BCUT2D eigenvalue weighted by Crippen LogP contribution is 2.41. The summed E-state index contributed by atoms with van der Waals surface area (Å²) >= 11 is 0. The molecule has 2 atom stereocenters. The summed E-state index contributed by atoms with van der Waals surface area (Å²) in [6.45, 7) is 1.68. The third kappa shape index (κ3) is 5.79. The number of nitrogens with one attached hydrogen (secondary N) is 1. The predicted octanol–water partition coefficient (Wildman–Crippen LogP) is 4.29. The summed E-state index contributed by atoms with van der Waals surface area (Å²) in [6.07, 6.45) is -5.10. The van der Waals surface area contributed by atoms with Crippen molar-refractivity contribution in [2.75, 3.05) is 30.3 Å². The van der Waals surface area contributed by atoms with Crippen molar-refractivity contribution in [2.24, 2.45) is 12.5 Å². The molecule has 2 aliphatic heterocycles. The lowest BCUT2D eigenvalue weighted by Crippen LogP contribution is -2.41. The van der Waals surface area contributed by atoms with Crippen LogP contribution in [0, 0.1) is 5.41 Å². The molecule has 0 amide bonds. The van der Waals surface area contributed by atoms with Crippen LogP contribution in [0.15, 0.2) is 65.5 Å². The molecule has 44 heavy (non-hydrogen) atoms. The monoisotopic (exact) mass is 608 g/mol. The fraction of sp³-hybridized carbons (Fsp3) is 0.355. The number of fused-ring (bicyclic) bond motifs is 1. The Morgan fingerprint density at radius 1 is 1.07 bits per heavy atom. The normalized spacial score (nSPS) is 18.9. The van der Waals surface area contributed by atoms with Crippen LogP contribution in [0.1, 0.15) is 30.9 Å². The summed E-state index contributed by atoms with van der Waals surface area (Å²) in [4.78, 5) is 33.4. The number of carboxylic acids is 1. The molecule has 13 heteroatoms. The Morgan fingerprint density at radius 3 is 2.43 bits per heavy atom. The Balaban J connectivity index is 1.20. The molecule has 1 spiro atoms. The minimum absolute atomic E-state index is 0.107. The second-order valence-corrected chi connectivity index (χ2v) is 11.6. The van der Waals surface area contributed by atoms with Crippen LogP contribution in [0.2, 0.25) is 0 Å². The van der Waals surface area contributed by atoms with Gasteiger partial charge in [0.15, 0.2) is 0 Å². The number of aliphatic carboxylic acids is 1. The molecular formula is C31H31F3N6O4. The van der Waals surface area contributed by atoms with E-state index in [0.29, 0.717) is 50.3 Å². The van der Waals surface area contributed by atoms with Gasteiger partial charge in [0.2, 0.25) is 17.9 Å². The number of hydrogen-bond donors (Lipinski definition) is 3. The van der Waals surface area contributed by atoms with Crippen molar-refractivity contribution in [3.8, 4) is 17.0 Å². The minimum Gasteiger partial charge on any atom is -0.480 e. The molecule has 0 bridgehead atoms.